The minimum absolute atomic E-state index is 0.0128. The lowest BCUT2D eigenvalue weighted by Crippen LogP contribution is -2.29. The van der Waals surface area contributed by atoms with Gasteiger partial charge in [-0.15, -0.1) is 0 Å². The van der Waals surface area contributed by atoms with Crippen LogP contribution < -0.4 is 10.6 Å². The maximum absolute atomic E-state index is 9.36. The zero-order chi connectivity index (χ0) is 15.2. The molecule has 0 saturated heterocycles. The lowest BCUT2D eigenvalue weighted by Gasteiger charge is -2.24. The van der Waals surface area contributed by atoms with Crippen LogP contribution in [-0.4, -0.2) is 41.6 Å². The fourth-order valence-corrected chi connectivity index (χ4v) is 2.24. The number of anilines is 2. The Morgan fingerprint density at radius 1 is 0.905 bits per heavy atom. The number of nitrogens with zero attached hydrogens (tertiary/aromatic N) is 1. The molecule has 2 rings (SSSR count). The van der Waals surface area contributed by atoms with E-state index in [0.717, 1.165) is 16.8 Å². The van der Waals surface area contributed by atoms with Crippen LogP contribution in [0.25, 0.3) is 11.1 Å². The first-order chi connectivity index (χ1) is 10.2. The van der Waals surface area contributed by atoms with Gasteiger partial charge in [-0.25, -0.2) is 0 Å². The zero-order valence-electron chi connectivity index (χ0n) is 11.7. The first-order valence-corrected chi connectivity index (χ1v) is 6.81. The third-order valence-electron chi connectivity index (χ3n) is 3.32. The number of rotatable bonds is 6. The van der Waals surface area contributed by atoms with Crippen LogP contribution >= 0.6 is 0 Å². The van der Waals surface area contributed by atoms with E-state index in [4.69, 9.17) is 15.9 Å². The molecular weight excluding hydrogens is 268 g/mol. The van der Waals surface area contributed by atoms with E-state index < -0.39 is 0 Å². The Morgan fingerprint density at radius 3 is 2.10 bits per heavy atom. The van der Waals surface area contributed by atoms with Crippen molar-refractivity contribution in [2.75, 3.05) is 36.9 Å². The van der Waals surface area contributed by atoms with Crippen LogP contribution in [0.2, 0.25) is 0 Å². The largest absolute Gasteiger partial charge is 0.508 e. The second-order valence-corrected chi connectivity index (χ2v) is 4.75. The molecule has 0 spiro atoms. The zero-order valence-corrected chi connectivity index (χ0v) is 11.7. The van der Waals surface area contributed by atoms with Gasteiger partial charge in [-0.2, -0.15) is 0 Å². The summed E-state index contributed by atoms with van der Waals surface area (Å²) in [4.78, 5) is 1.89. The molecule has 5 heteroatoms. The van der Waals surface area contributed by atoms with Crippen molar-refractivity contribution in [2.45, 2.75) is 0 Å². The molecule has 2 aromatic rings. The molecule has 0 bridgehead atoms. The average molecular weight is 288 g/mol. The smallest absolute Gasteiger partial charge is 0.115 e. The van der Waals surface area contributed by atoms with E-state index in [0.29, 0.717) is 18.8 Å². The van der Waals surface area contributed by atoms with Gasteiger partial charge >= 0.3 is 0 Å². The maximum Gasteiger partial charge on any atom is 0.115 e. The molecule has 5 N–H and O–H groups in total. The molecule has 2 aromatic carbocycles. The Balaban J connectivity index is 2.38. The molecule has 0 heterocycles. The highest BCUT2D eigenvalue weighted by molar-refractivity contribution is 5.80. The second kappa shape index (κ2) is 6.97. The molecule has 112 valence electrons. The number of hydrogen-bond acceptors (Lipinski definition) is 5. The molecule has 0 aliphatic carbocycles. The lowest BCUT2D eigenvalue weighted by atomic mass is 10.0. The number of phenolic OH excluding ortho intramolecular Hbond substituents is 1. The van der Waals surface area contributed by atoms with Crippen molar-refractivity contribution in [3.8, 4) is 16.9 Å². The van der Waals surface area contributed by atoms with Crippen LogP contribution in [0, 0.1) is 0 Å². The maximum atomic E-state index is 9.36. The molecule has 0 unspecified atom stereocenters. The van der Waals surface area contributed by atoms with Crippen molar-refractivity contribution >= 4 is 11.4 Å². The molecular formula is C16H20N2O3. The topological polar surface area (TPSA) is 90.0 Å². The van der Waals surface area contributed by atoms with Crippen molar-refractivity contribution in [2.24, 2.45) is 0 Å². The standard InChI is InChI=1S/C16H20N2O3/c17-16-6-3-13(18(7-9-19)8-10-20)11-15(16)12-1-4-14(21)5-2-12/h1-6,11,19-21H,7-10,17H2. The molecule has 5 nitrogen and oxygen atoms in total. The summed E-state index contributed by atoms with van der Waals surface area (Å²) in [5.74, 6) is 0.204. The molecule has 0 atom stereocenters. The highest BCUT2D eigenvalue weighted by Crippen LogP contribution is 2.31. The van der Waals surface area contributed by atoms with Crippen LogP contribution in [0.1, 0.15) is 0 Å². The van der Waals surface area contributed by atoms with E-state index in [1.54, 1.807) is 30.3 Å². The number of hydrogen-bond donors (Lipinski definition) is 4. The molecule has 0 aliphatic rings. The summed E-state index contributed by atoms with van der Waals surface area (Å²) in [5.41, 5.74) is 9.31. The Bertz CT molecular complexity index is 579. The summed E-state index contributed by atoms with van der Waals surface area (Å²) in [7, 11) is 0. The van der Waals surface area contributed by atoms with Crippen LogP contribution in [0.3, 0.4) is 0 Å². The molecule has 0 aliphatic heterocycles. The van der Waals surface area contributed by atoms with Crippen LogP contribution in [0.15, 0.2) is 42.5 Å². The van der Waals surface area contributed by atoms with E-state index in [1.807, 2.05) is 17.0 Å². The number of phenols is 1. The predicted octanol–water partition coefficient (Wildman–Crippen LogP) is 1.43. The van der Waals surface area contributed by atoms with E-state index >= 15 is 0 Å². The number of aliphatic hydroxyl groups is 2. The van der Waals surface area contributed by atoms with Crippen LogP contribution in [-0.2, 0) is 0 Å². The van der Waals surface area contributed by atoms with Crippen molar-refractivity contribution < 1.29 is 15.3 Å². The first-order valence-electron chi connectivity index (χ1n) is 6.81. The number of benzene rings is 2. The molecule has 0 saturated carbocycles. The number of nitrogen functional groups attached to an aromatic ring is 1. The minimum Gasteiger partial charge on any atom is -0.508 e. The average Bonchev–Trinajstić information content (AvgIpc) is 2.49. The fraction of sp³-hybridized carbons (Fsp3) is 0.250. The Kier molecular flexibility index (Phi) is 5.03. The van der Waals surface area contributed by atoms with Gasteiger partial charge in [0.15, 0.2) is 0 Å². The van der Waals surface area contributed by atoms with E-state index in [-0.39, 0.29) is 19.0 Å². The Morgan fingerprint density at radius 2 is 1.52 bits per heavy atom. The highest BCUT2D eigenvalue weighted by atomic mass is 16.3. The Labute approximate surface area is 123 Å². The number of aromatic hydroxyl groups is 1. The van der Waals surface area contributed by atoms with Crippen molar-refractivity contribution in [1.29, 1.82) is 0 Å². The van der Waals surface area contributed by atoms with Crippen LogP contribution in [0.4, 0.5) is 11.4 Å². The number of aliphatic hydroxyl groups excluding tert-OH is 2. The van der Waals surface area contributed by atoms with E-state index in [2.05, 4.69) is 0 Å². The van der Waals surface area contributed by atoms with Gasteiger partial charge in [0.2, 0.25) is 0 Å². The first kappa shape index (κ1) is 15.2. The van der Waals surface area contributed by atoms with Crippen molar-refractivity contribution in [3.63, 3.8) is 0 Å². The number of nitrogens with two attached hydrogens (primary N) is 1. The normalized spacial score (nSPS) is 10.6. The predicted molar refractivity (Wildman–Crippen MR) is 84.3 cm³/mol. The molecule has 0 amide bonds. The monoisotopic (exact) mass is 288 g/mol. The second-order valence-electron chi connectivity index (χ2n) is 4.75. The summed E-state index contributed by atoms with van der Waals surface area (Å²) in [6.45, 7) is 0.914. The summed E-state index contributed by atoms with van der Waals surface area (Å²) >= 11 is 0. The Hall–Kier alpha value is -2.24. The highest BCUT2D eigenvalue weighted by Gasteiger charge is 2.09. The van der Waals surface area contributed by atoms with Gasteiger partial charge < -0.3 is 26.0 Å². The van der Waals surface area contributed by atoms with Gasteiger partial charge in [0, 0.05) is 30.0 Å². The van der Waals surface area contributed by atoms with E-state index in [9.17, 15) is 5.11 Å². The fourth-order valence-electron chi connectivity index (χ4n) is 2.24. The summed E-state index contributed by atoms with van der Waals surface area (Å²) < 4.78 is 0. The van der Waals surface area contributed by atoms with Crippen molar-refractivity contribution in [1.82, 2.24) is 0 Å². The van der Waals surface area contributed by atoms with Gasteiger partial charge in [-0.1, -0.05) is 12.1 Å². The van der Waals surface area contributed by atoms with Gasteiger partial charge in [0.1, 0.15) is 5.75 Å². The third-order valence-corrected chi connectivity index (χ3v) is 3.32. The summed E-state index contributed by atoms with van der Waals surface area (Å²) in [6.07, 6.45) is 0. The molecule has 0 fully saturated rings. The van der Waals surface area contributed by atoms with Crippen LogP contribution in [0.5, 0.6) is 5.75 Å². The molecule has 0 radical (unpaired) electrons. The van der Waals surface area contributed by atoms with Gasteiger partial charge in [0.05, 0.1) is 13.2 Å². The van der Waals surface area contributed by atoms with Gasteiger partial charge in [-0.3, -0.25) is 0 Å². The van der Waals surface area contributed by atoms with Gasteiger partial charge in [-0.05, 0) is 35.9 Å². The summed E-state index contributed by atoms with van der Waals surface area (Å²) in [6, 6.07) is 12.4. The lowest BCUT2D eigenvalue weighted by molar-refractivity contribution is 0.281. The quantitative estimate of drug-likeness (QED) is 0.604. The minimum atomic E-state index is 0.0128. The summed E-state index contributed by atoms with van der Waals surface area (Å²) in [5, 5.41) is 27.6. The van der Waals surface area contributed by atoms with Gasteiger partial charge in [0.25, 0.3) is 0 Å². The molecule has 21 heavy (non-hydrogen) atoms. The SMILES string of the molecule is Nc1ccc(N(CCO)CCO)cc1-c1ccc(O)cc1. The third kappa shape index (κ3) is 3.65. The molecule has 0 aromatic heterocycles. The van der Waals surface area contributed by atoms with Crippen molar-refractivity contribution in [3.05, 3.63) is 42.5 Å². The van der Waals surface area contributed by atoms with E-state index in [1.165, 1.54) is 0 Å².